The lowest BCUT2D eigenvalue weighted by atomic mass is 9.80. The van der Waals surface area contributed by atoms with Crippen molar-refractivity contribution in [2.24, 2.45) is 0 Å². The van der Waals surface area contributed by atoms with Gasteiger partial charge in [0, 0.05) is 25.7 Å². The zero-order valence-corrected chi connectivity index (χ0v) is 30.0. The lowest BCUT2D eigenvalue weighted by Gasteiger charge is -2.45. The van der Waals surface area contributed by atoms with E-state index in [0.717, 1.165) is 16.7 Å². The van der Waals surface area contributed by atoms with Crippen molar-refractivity contribution >= 4 is 23.9 Å². The van der Waals surface area contributed by atoms with Crippen LogP contribution in [0, 0.1) is 0 Å². The summed E-state index contributed by atoms with van der Waals surface area (Å²) < 4.78 is 37.1. The number of rotatable bonds is 18. The maximum absolute atomic E-state index is 13.2. The van der Waals surface area contributed by atoms with Crippen molar-refractivity contribution in [1.82, 2.24) is 0 Å². The Hall–Kier alpha value is -4.54. The highest BCUT2D eigenvalue weighted by atomic mass is 16.7. The van der Waals surface area contributed by atoms with Crippen LogP contribution in [0.15, 0.2) is 91.0 Å². The summed E-state index contributed by atoms with van der Waals surface area (Å²) in [6.45, 7) is 7.09. The van der Waals surface area contributed by atoms with Crippen LogP contribution in [0.2, 0.25) is 0 Å². The zero-order valence-electron chi connectivity index (χ0n) is 30.0. The van der Waals surface area contributed by atoms with Crippen molar-refractivity contribution in [3.8, 4) is 0 Å². The van der Waals surface area contributed by atoms with Crippen molar-refractivity contribution in [2.45, 2.75) is 115 Å². The molecule has 0 aromatic heterocycles. The Morgan fingerprint density at radius 1 is 0.510 bits per heavy atom. The molecule has 1 unspecified atom stereocenters. The van der Waals surface area contributed by atoms with E-state index in [2.05, 4.69) is 0 Å². The van der Waals surface area contributed by atoms with Crippen molar-refractivity contribution in [3.63, 3.8) is 0 Å². The second-order valence-corrected chi connectivity index (χ2v) is 12.5. The van der Waals surface area contributed by atoms with Crippen LogP contribution in [0.5, 0.6) is 0 Å². The number of esters is 4. The molecule has 51 heavy (non-hydrogen) atoms. The third-order valence-electron chi connectivity index (χ3n) is 8.46. The molecule has 274 valence electrons. The van der Waals surface area contributed by atoms with E-state index in [1.165, 1.54) is 0 Å². The Balaban J connectivity index is 1.86. The van der Waals surface area contributed by atoms with Crippen molar-refractivity contribution in [3.05, 3.63) is 108 Å². The Bertz CT molecular complexity index is 1430. The Morgan fingerprint density at radius 2 is 0.863 bits per heavy atom. The number of benzene rings is 3. The highest BCUT2D eigenvalue weighted by Gasteiger charge is 2.54. The molecule has 0 N–H and O–H groups in total. The van der Waals surface area contributed by atoms with E-state index in [1.807, 2.05) is 119 Å². The second-order valence-electron chi connectivity index (χ2n) is 12.5. The van der Waals surface area contributed by atoms with Gasteiger partial charge in [-0.2, -0.15) is 0 Å². The first-order valence-corrected chi connectivity index (χ1v) is 18.0. The number of hydrogen-bond acceptors (Lipinski definition) is 10. The van der Waals surface area contributed by atoms with Crippen molar-refractivity contribution < 1.29 is 47.6 Å². The van der Waals surface area contributed by atoms with Crippen molar-refractivity contribution in [1.29, 1.82) is 0 Å². The summed E-state index contributed by atoms with van der Waals surface area (Å²) in [6, 6.07) is 29.1. The molecule has 0 spiro atoms. The standard InChI is InChI=1S/C41H50O10/c1-5-18-33(42)48-37-32(47-40(51-36(45)21-8-4)39(50-35(44)20-7-3)38(37)49-34(43)19-6-2)28-46-41(29-22-12-9-13-23-29,30-24-14-10-15-25-30)31-26-16-11-17-27-31/h9-17,22-27,32,37-40H,5-8,18-21,28H2,1-4H3/t32-,37+,38+,39-,40?/m1/s1. The van der Waals surface area contributed by atoms with Gasteiger partial charge in [0.1, 0.15) is 11.7 Å². The molecule has 10 heteroatoms. The second kappa shape index (κ2) is 19.7. The van der Waals surface area contributed by atoms with Crippen LogP contribution in [0.4, 0.5) is 0 Å². The first kappa shape index (κ1) is 39.2. The quantitative estimate of drug-likeness (QED) is 0.0764. The maximum Gasteiger partial charge on any atom is 0.308 e. The zero-order chi connectivity index (χ0) is 36.6. The monoisotopic (exact) mass is 702 g/mol. The van der Waals surface area contributed by atoms with Gasteiger partial charge < -0.3 is 28.4 Å². The van der Waals surface area contributed by atoms with E-state index in [9.17, 15) is 19.2 Å². The molecule has 0 bridgehead atoms. The molecule has 1 saturated heterocycles. The normalized spacial score (nSPS) is 20.2. The molecule has 1 fully saturated rings. The summed E-state index contributed by atoms with van der Waals surface area (Å²) in [5, 5.41) is 0. The molecule has 10 nitrogen and oxygen atoms in total. The van der Waals surface area contributed by atoms with Crippen LogP contribution in [0.1, 0.15) is 95.8 Å². The number of hydrogen-bond donors (Lipinski definition) is 0. The van der Waals surface area contributed by atoms with E-state index in [0.29, 0.717) is 25.7 Å². The fraction of sp³-hybridized carbons (Fsp3) is 0.463. The Labute approximate surface area is 300 Å². The van der Waals surface area contributed by atoms with Gasteiger partial charge in [0.05, 0.1) is 6.61 Å². The average molecular weight is 703 g/mol. The predicted molar refractivity (Wildman–Crippen MR) is 189 cm³/mol. The van der Waals surface area contributed by atoms with E-state index in [-0.39, 0.29) is 32.3 Å². The fourth-order valence-electron chi connectivity index (χ4n) is 6.12. The lowest BCUT2D eigenvalue weighted by Crippen LogP contribution is -2.63. The molecule has 1 aliphatic rings. The molecule has 4 rings (SSSR count). The highest BCUT2D eigenvalue weighted by molar-refractivity contribution is 5.72. The van der Waals surface area contributed by atoms with Gasteiger partial charge in [-0.05, 0) is 42.4 Å². The van der Waals surface area contributed by atoms with Gasteiger partial charge in [0.25, 0.3) is 0 Å². The number of ether oxygens (including phenoxy) is 6. The summed E-state index contributed by atoms with van der Waals surface area (Å²) in [5.41, 5.74) is 1.28. The van der Waals surface area contributed by atoms with Crippen LogP contribution < -0.4 is 0 Å². The summed E-state index contributed by atoms with van der Waals surface area (Å²) in [7, 11) is 0. The first-order chi connectivity index (χ1) is 24.8. The molecule has 3 aromatic carbocycles. The molecule has 5 atom stereocenters. The minimum Gasteiger partial charge on any atom is -0.455 e. The van der Waals surface area contributed by atoms with Crippen LogP contribution >= 0.6 is 0 Å². The summed E-state index contributed by atoms with van der Waals surface area (Å²) in [5.74, 6) is -2.36. The van der Waals surface area contributed by atoms with Crippen LogP contribution in [0.3, 0.4) is 0 Å². The van der Waals surface area contributed by atoms with Gasteiger partial charge >= 0.3 is 23.9 Å². The van der Waals surface area contributed by atoms with Crippen LogP contribution in [-0.4, -0.2) is 61.2 Å². The largest absolute Gasteiger partial charge is 0.455 e. The molecular formula is C41H50O10. The molecule has 0 radical (unpaired) electrons. The summed E-state index contributed by atoms with van der Waals surface area (Å²) in [4.78, 5) is 52.3. The van der Waals surface area contributed by atoms with Gasteiger partial charge in [0.15, 0.2) is 12.2 Å². The molecule has 0 saturated carbocycles. The lowest BCUT2D eigenvalue weighted by molar-refractivity contribution is -0.304. The fourth-order valence-corrected chi connectivity index (χ4v) is 6.12. The molecule has 0 amide bonds. The maximum atomic E-state index is 13.2. The minimum atomic E-state index is -1.49. The molecular weight excluding hydrogens is 652 g/mol. The predicted octanol–water partition coefficient (Wildman–Crippen LogP) is 7.20. The van der Waals surface area contributed by atoms with Crippen molar-refractivity contribution in [2.75, 3.05) is 6.61 Å². The summed E-state index contributed by atoms with van der Waals surface area (Å²) >= 11 is 0. The Kier molecular flexibility index (Phi) is 15.2. The minimum absolute atomic E-state index is 0.0579. The first-order valence-electron chi connectivity index (χ1n) is 18.0. The number of carbonyl (C=O) groups excluding carboxylic acids is 4. The van der Waals surface area contributed by atoms with E-state index < -0.39 is 60.2 Å². The third-order valence-corrected chi connectivity index (χ3v) is 8.46. The van der Waals surface area contributed by atoms with Gasteiger partial charge in [0.2, 0.25) is 12.4 Å². The highest BCUT2D eigenvalue weighted by Crippen LogP contribution is 2.41. The molecule has 1 aliphatic heterocycles. The van der Waals surface area contributed by atoms with Gasteiger partial charge in [-0.15, -0.1) is 0 Å². The molecule has 1 heterocycles. The van der Waals surface area contributed by atoms with Gasteiger partial charge in [-0.25, -0.2) is 0 Å². The van der Waals surface area contributed by atoms with E-state index in [1.54, 1.807) is 0 Å². The summed E-state index contributed by atoms with van der Waals surface area (Å²) in [6.07, 6.45) is -4.46. The van der Waals surface area contributed by atoms with Gasteiger partial charge in [-0.1, -0.05) is 119 Å². The Morgan fingerprint density at radius 3 is 1.25 bits per heavy atom. The topological polar surface area (TPSA) is 124 Å². The molecule has 0 aliphatic carbocycles. The molecule has 3 aromatic rings. The van der Waals surface area contributed by atoms with E-state index in [4.69, 9.17) is 28.4 Å². The SMILES string of the molecule is CCCC(=O)OC1O[C@H](COC(c2ccccc2)(c2ccccc2)c2ccccc2)[C@H](OC(=O)CCC)[C@H](OC(=O)CCC)[C@H]1OC(=O)CCC. The van der Waals surface area contributed by atoms with Crippen LogP contribution in [-0.2, 0) is 53.2 Å². The third kappa shape index (κ3) is 10.3. The van der Waals surface area contributed by atoms with E-state index >= 15 is 0 Å². The number of carbonyl (C=O) groups is 4. The van der Waals surface area contributed by atoms with Crippen LogP contribution in [0.25, 0.3) is 0 Å². The van der Waals surface area contributed by atoms with Gasteiger partial charge in [-0.3, -0.25) is 19.2 Å². The smallest absolute Gasteiger partial charge is 0.308 e. The average Bonchev–Trinajstić information content (AvgIpc) is 3.13.